The van der Waals surface area contributed by atoms with Crippen molar-refractivity contribution in [3.8, 4) is 11.5 Å². The Hall–Kier alpha value is -2.74. The number of benzene rings is 2. The number of fused-ring (bicyclic) bond motifs is 1. The van der Waals surface area contributed by atoms with E-state index in [0.717, 1.165) is 18.4 Å². The number of sulfonamides is 1. The Labute approximate surface area is 158 Å². The first kappa shape index (κ1) is 19.0. The molecule has 2 aromatic rings. The van der Waals surface area contributed by atoms with Crippen molar-refractivity contribution in [3.05, 3.63) is 47.5 Å². The molecular formula is C19H22N2O5S. The third kappa shape index (κ3) is 4.00. The number of rotatable bonds is 5. The maximum atomic E-state index is 12.6. The molecule has 7 nitrogen and oxygen atoms in total. The standard InChI is InChI=1S/C19H22N2O5S/c1-25-15-7-8-16(18(12-15)26-2)19(22)20-14-6-9-17-13(11-14)5-4-10-21(17)27(3,23)24/h6-9,11-12H,4-5,10H2,1-3H3,(H,20,22). The van der Waals surface area contributed by atoms with Crippen LogP contribution in [-0.4, -0.2) is 41.3 Å². The fraction of sp³-hybridized carbons (Fsp3) is 0.316. The van der Waals surface area contributed by atoms with Crippen molar-refractivity contribution in [1.29, 1.82) is 0 Å². The topological polar surface area (TPSA) is 84.9 Å². The van der Waals surface area contributed by atoms with E-state index >= 15 is 0 Å². The largest absolute Gasteiger partial charge is 0.497 e. The predicted molar refractivity (Wildman–Crippen MR) is 104 cm³/mol. The molecule has 144 valence electrons. The van der Waals surface area contributed by atoms with E-state index in [0.29, 0.717) is 35.0 Å². The van der Waals surface area contributed by atoms with E-state index in [1.165, 1.54) is 17.7 Å². The monoisotopic (exact) mass is 390 g/mol. The van der Waals surface area contributed by atoms with Gasteiger partial charge in [0.15, 0.2) is 0 Å². The highest BCUT2D eigenvalue weighted by atomic mass is 32.2. The molecule has 0 unspecified atom stereocenters. The summed E-state index contributed by atoms with van der Waals surface area (Å²) in [5.41, 5.74) is 2.55. The molecule has 0 aromatic heterocycles. The molecule has 0 saturated carbocycles. The van der Waals surface area contributed by atoms with Crippen molar-refractivity contribution in [2.45, 2.75) is 12.8 Å². The van der Waals surface area contributed by atoms with Gasteiger partial charge in [-0.2, -0.15) is 0 Å². The minimum Gasteiger partial charge on any atom is -0.497 e. The Morgan fingerprint density at radius 2 is 1.89 bits per heavy atom. The smallest absolute Gasteiger partial charge is 0.259 e. The molecule has 3 rings (SSSR count). The summed E-state index contributed by atoms with van der Waals surface area (Å²) >= 11 is 0. The lowest BCUT2D eigenvalue weighted by atomic mass is 10.0. The van der Waals surface area contributed by atoms with Gasteiger partial charge in [0.1, 0.15) is 11.5 Å². The summed E-state index contributed by atoms with van der Waals surface area (Å²) in [6.45, 7) is 0.473. The molecule has 0 spiro atoms. The van der Waals surface area contributed by atoms with Crippen LogP contribution < -0.4 is 19.1 Å². The van der Waals surface area contributed by atoms with Gasteiger partial charge in [0, 0.05) is 18.3 Å². The van der Waals surface area contributed by atoms with Gasteiger partial charge >= 0.3 is 0 Å². The zero-order chi connectivity index (χ0) is 19.6. The zero-order valence-corrected chi connectivity index (χ0v) is 16.3. The van der Waals surface area contributed by atoms with Gasteiger partial charge in [-0.05, 0) is 48.7 Å². The van der Waals surface area contributed by atoms with Crippen LogP contribution in [0.3, 0.4) is 0 Å². The average molecular weight is 390 g/mol. The molecule has 0 aliphatic carbocycles. The molecule has 0 radical (unpaired) electrons. The Morgan fingerprint density at radius 3 is 2.56 bits per heavy atom. The number of aryl methyl sites for hydroxylation is 1. The lowest BCUT2D eigenvalue weighted by Gasteiger charge is -2.29. The van der Waals surface area contributed by atoms with E-state index in [-0.39, 0.29) is 5.91 Å². The first-order valence-corrected chi connectivity index (χ1v) is 10.3. The quantitative estimate of drug-likeness (QED) is 0.848. The van der Waals surface area contributed by atoms with Crippen LogP contribution in [-0.2, 0) is 16.4 Å². The van der Waals surface area contributed by atoms with Crippen LogP contribution >= 0.6 is 0 Å². The van der Waals surface area contributed by atoms with Gasteiger partial charge in [-0.1, -0.05) is 0 Å². The number of hydrogen-bond acceptors (Lipinski definition) is 5. The summed E-state index contributed by atoms with van der Waals surface area (Å²) in [6.07, 6.45) is 2.70. The third-order valence-electron chi connectivity index (χ3n) is 4.47. The highest BCUT2D eigenvalue weighted by molar-refractivity contribution is 7.92. The number of ether oxygens (including phenoxy) is 2. The first-order chi connectivity index (χ1) is 12.8. The second-order valence-electron chi connectivity index (χ2n) is 6.30. The molecule has 1 N–H and O–H groups in total. The van der Waals surface area contributed by atoms with Crippen molar-refractivity contribution >= 4 is 27.3 Å². The summed E-state index contributed by atoms with van der Waals surface area (Å²) in [4.78, 5) is 12.6. The lowest BCUT2D eigenvalue weighted by molar-refractivity contribution is 0.102. The van der Waals surface area contributed by atoms with Crippen LogP contribution in [0.2, 0.25) is 0 Å². The average Bonchev–Trinajstić information content (AvgIpc) is 2.65. The van der Waals surface area contributed by atoms with E-state index in [4.69, 9.17) is 9.47 Å². The molecule has 1 aliphatic rings. The lowest BCUT2D eigenvalue weighted by Crippen LogP contribution is -2.34. The molecule has 0 saturated heterocycles. The van der Waals surface area contributed by atoms with Crippen molar-refractivity contribution in [2.75, 3.05) is 36.6 Å². The highest BCUT2D eigenvalue weighted by Crippen LogP contribution is 2.32. The van der Waals surface area contributed by atoms with Gasteiger partial charge in [-0.15, -0.1) is 0 Å². The van der Waals surface area contributed by atoms with Crippen molar-refractivity contribution in [2.24, 2.45) is 0 Å². The van der Waals surface area contributed by atoms with Crippen molar-refractivity contribution in [1.82, 2.24) is 0 Å². The summed E-state index contributed by atoms with van der Waals surface area (Å²) in [5, 5.41) is 2.85. The van der Waals surface area contributed by atoms with Crippen LogP contribution in [0.4, 0.5) is 11.4 Å². The van der Waals surface area contributed by atoms with Crippen LogP contribution in [0.25, 0.3) is 0 Å². The third-order valence-corrected chi connectivity index (χ3v) is 5.65. The van der Waals surface area contributed by atoms with Crippen molar-refractivity contribution < 1.29 is 22.7 Å². The number of carbonyl (C=O) groups excluding carboxylic acids is 1. The Bertz CT molecular complexity index is 972. The van der Waals surface area contributed by atoms with Crippen LogP contribution in [0.1, 0.15) is 22.3 Å². The van der Waals surface area contributed by atoms with Crippen molar-refractivity contribution in [3.63, 3.8) is 0 Å². The second-order valence-corrected chi connectivity index (χ2v) is 8.21. The van der Waals surface area contributed by atoms with Gasteiger partial charge in [0.25, 0.3) is 5.91 Å². The molecule has 27 heavy (non-hydrogen) atoms. The van der Waals surface area contributed by atoms with Gasteiger partial charge < -0.3 is 14.8 Å². The van der Waals surface area contributed by atoms with E-state index < -0.39 is 10.0 Å². The predicted octanol–water partition coefficient (Wildman–Crippen LogP) is 2.67. The molecule has 8 heteroatoms. The summed E-state index contributed by atoms with van der Waals surface area (Å²) in [6, 6.07) is 10.2. The van der Waals surface area contributed by atoms with Gasteiger partial charge in [0.05, 0.1) is 31.7 Å². The summed E-state index contributed by atoms with van der Waals surface area (Å²) in [7, 11) is -0.283. The maximum absolute atomic E-state index is 12.6. The van der Waals surface area contributed by atoms with E-state index in [9.17, 15) is 13.2 Å². The minimum atomic E-state index is -3.32. The molecule has 0 fully saturated rings. The highest BCUT2D eigenvalue weighted by Gasteiger charge is 2.24. The molecule has 1 amide bonds. The number of nitrogens with one attached hydrogen (secondary N) is 1. The van der Waals surface area contributed by atoms with Gasteiger partial charge in [-0.3, -0.25) is 9.10 Å². The number of methoxy groups -OCH3 is 2. The first-order valence-electron chi connectivity index (χ1n) is 8.47. The molecular weight excluding hydrogens is 368 g/mol. The van der Waals surface area contributed by atoms with E-state index in [1.807, 2.05) is 6.07 Å². The second kappa shape index (κ2) is 7.48. The number of nitrogens with zero attached hydrogens (tertiary/aromatic N) is 1. The normalized spacial score (nSPS) is 13.7. The fourth-order valence-corrected chi connectivity index (χ4v) is 4.17. The fourth-order valence-electron chi connectivity index (χ4n) is 3.17. The number of hydrogen-bond donors (Lipinski definition) is 1. The number of carbonyl (C=O) groups is 1. The summed E-state index contributed by atoms with van der Waals surface area (Å²) < 4.78 is 35.7. The Kier molecular flexibility index (Phi) is 5.27. The molecule has 2 aromatic carbocycles. The van der Waals surface area contributed by atoms with Crippen LogP contribution in [0.5, 0.6) is 11.5 Å². The number of anilines is 2. The van der Waals surface area contributed by atoms with E-state index in [2.05, 4.69) is 5.32 Å². The van der Waals surface area contributed by atoms with Crippen LogP contribution in [0, 0.1) is 0 Å². The van der Waals surface area contributed by atoms with Gasteiger partial charge in [-0.25, -0.2) is 8.42 Å². The number of amides is 1. The summed E-state index contributed by atoms with van der Waals surface area (Å²) in [5.74, 6) is 0.691. The van der Waals surface area contributed by atoms with Gasteiger partial charge in [0.2, 0.25) is 10.0 Å². The molecule has 0 bridgehead atoms. The molecule has 1 heterocycles. The van der Waals surface area contributed by atoms with E-state index in [1.54, 1.807) is 37.4 Å². The zero-order valence-electron chi connectivity index (χ0n) is 15.5. The molecule has 1 aliphatic heterocycles. The Balaban J connectivity index is 1.86. The SMILES string of the molecule is COc1ccc(C(=O)Nc2ccc3c(c2)CCCN3S(C)(=O)=O)c(OC)c1. The maximum Gasteiger partial charge on any atom is 0.259 e. The Morgan fingerprint density at radius 1 is 1.11 bits per heavy atom. The molecule has 0 atom stereocenters. The van der Waals surface area contributed by atoms with Crippen LogP contribution in [0.15, 0.2) is 36.4 Å². The minimum absolute atomic E-state index is 0.315.